The molecule has 0 spiro atoms. The zero-order valence-corrected chi connectivity index (χ0v) is 33.8. The lowest BCUT2D eigenvalue weighted by molar-refractivity contribution is -0.136. The van der Waals surface area contributed by atoms with Crippen LogP contribution in [0.4, 0.5) is 15.2 Å². The van der Waals surface area contributed by atoms with E-state index in [0.29, 0.717) is 47.9 Å². The number of piperazine rings is 1. The highest BCUT2D eigenvalue weighted by Gasteiger charge is 2.45. The number of thiazole rings is 1. The molecule has 2 atom stereocenters. The molecule has 0 aliphatic carbocycles. The summed E-state index contributed by atoms with van der Waals surface area (Å²) >= 11 is 1.19. The van der Waals surface area contributed by atoms with Gasteiger partial charge < -0.3 is 19.6 Å². The number of imide groups is 2. The number of rotatable bonds is 13. The molecule has 6 amide bonds. The molecule has 8 rings (SSSR count). The number of fused-ring (bicyclic) bond motifs is 2. The Morgan fingerprint density at radius 2 is 1.79 bits per heavy atom. The van der Waals surface area contributed by atoms with Gasteiger partial charge in [0.15, 0.2) is 5.13 Å². The predicted molar refractivity (Wildman–Crippen MR) is 221 cm³/mol. The van der Waals surface area contributed by atoms with E-state index in [1.54, 1.807) is 35.7 Å². The van der Waals surface area contributed by atoms with Crippen molar-refractivity contribution in [3.8, 4) is 17.6 Å². The van der Waals surface area contributed by atoms with E-state index in [4.69, 9.17) is 4.74 Å². The number of unbranched alkanes of at least 4 members (excludes halogenated alkanes) is 1. The van der Waals surface area contributed by atoms with Crippen LogP contribution >= 0.6 is 11.3 Å². The largest absolute Gasteiger partial charge is 0.508 e. The Hall–Kier alpha value is -6.48. The maximum Gasteiger partial charge on any atom is 0.262 e. The lowest BCUT2D eigenvalue weighted by Gasteiger charge is -2.36. The highest BCUT2D eigenvalue weighted by Crippen LogP contribution is 2.38. The SMILES string of the molecule is O=C1CCC(N2C(=O)c3ccc(N4CCN(CCCOCCCC#Cc5cccc6c5C(=O)N(C(C(=O)Nc5nccs5)c5cc(F)ccc5O)C6)CC4)cc3C2=O)C(=O)N1. The first kappa shape index (κ1) is 41.3. The summed E-state index contributed by atoms with van der Waals surface area (Å²) in [5, 5.41) is 17.5. The van der Waals surface area contributed by atoms with Crippen molar-refractivity contribution < 1.29 is 43.0 Å². The van der Waals surface area contributed by atoms with E-state index in [9.17, 15) is 38.3 Å². The molecule has 17 heteroatoms. The molecule has 3 aromatic carbocycles. The zero-order chi connectivity index (χ0) is 42.6. The van der Waals surface area contributed by atoms with E-state index < -0.39 is 53.3 Å². The summed E-state index contributed by atoms with van der Waals surface area (Å²) in [4.78, 5) is 88.7. The molecule has 61 heavy (non-hydrogen) atoms. The number of halogens is 1. The van der Waals surface area contributed by atoms with Crippen LogP contribution in [0.1, 0.15) is 85.9 Å². The van der Waals surface area contributed by atoms with Gasteiger partial charge in [-0.3, -0.25) is 49.2 Å². The number of phenolic OH excluding ortho intramolecular Hbond substituents is 1. The normalized spacial score (nSPS) is 18.1. The van der Waals surface area contributed by atoms with Crippen molar-refractivity contribution >= 4 is 57.6 Å². The molecule has 314 valence electrons. The topological polar surface area (TPSA) is 182 Å². The zero-order valence-electron chi connectivity index (χ0n) is 33.0. The molecule has 4 aromatic rings. The molecule has 2 unspecified atom stereocenters. The molecular weight excluding hydrogens is 806 g/mol. The fourth-order valence-electron chi connectivity index (χ4n) is 8.15. The van der Waals surface area contributed by atoms with Gasteiger partial charge in [0.1, 0.15) is 23.7 Å². The molecule has 2 saturated heterocycles. The number of nitrogens with zero attached hydrogens (tertiary/aromatic N) is 5. The summed E-state index contributed by atoms with van der Waals surface area (Å²) in [7, 11) is 0. The van der Waals surface area contributed by atoms with Gasteiger partial charge in [-0.2, -0.15) is 0 Å². The minimum Gasteiger partial charge on any atom is -0.508 e. The highest BCUT2D eigenvalue weighted by atomic mass is 32.1. The van der Waals surface area contributed by atoms with Crippen LogP contribution in [0.2, 0.25) is 0 Å². The summed E-state index contributed by atoms with van der Waals surface area (Å²) in [6, 6.07) is 11.5. The van der Waals surface area contributed by atoms with E-state index in [-0.39, 0.29) is 41.8 Å². The molecule has 0 bridgehead atoms. The number of aromatic nitrogens is 1. The Morgan fingerprint density at radius 1 is 0.984 bits per heavy atom. The maximum absolute atomic E-state index is 14.4. The number of hydrogen-bond donors (Lipinski definition) is 3. The fourth-order valence-corrected chi connectivity index (χ4v) is 8.68. The van der Waals surface area contributed by atoms with Crippen LogP contribution in [0.3, 0.4) is 0 Å². The number of benzene rings is 3. The molecule has 4 aliphatic rings. The summed E-state index contributed by atoms with van der Waals surface area (Å²) in [5.41, 5.74) is 2.89. The second kappa shape index (κ2) is 18.0. The number of ether oxygens (including phenoxy) is 1. The second-order valence-corrected chi connectivity index (χ2v) is 16.0. The van der Waals surface area contributed by atoms with Crippen molar-refractivity contribution in [2.45, 2.75) is 50.7 Å². The number of aromatic hydroxyl groups is 1. The monoisotopic (exact) mass is 847 g/mol. The van der Waals surface area contributed by atoms with E-state index in [0.717, 1.165) is 67.9 Å². The Bertz CT molecular complexity index is 2460. The van der Waals surface area contributed by atoms with Crippen LogP contribution in [0, 0.1) is 17.7 Å². The highest BCUT2D eigenvalue weighted by molar-refractivity contribution is 7.13. The van der Waals surface area contributed by atoms with Crippen LogP contribution < -0.4 is 15.5 Å². The maximum atomic E-state index is 14.4. The minimum atomic E-state index is -1.33. The summed E-state index contributed by atoms with van der Waals surface area (Å²) < 4.78 is 20.3. The van der Waals surface area contributed by atoms with E-state index in [1.807, 2.05) is 6.07 Å². The molecule has 15 nitrogen and oxygen atoms in total. The Labute approximate surface area is 354 Å². The van der Waals surface area contributed by atoms with Gasteiger partial charge in [-0.15, -0.1) is 11.3 Å². The quantitative estimate of drug-likeness (QED) is 0.100. The van der Waals surface area contributed by atoms with Crippen molar-refractivity contribution in [3.63, 3.8) is 0 Å². The van der Waals surface area contributed by atoms with E-state index >= 15 is 0 Å². The average Bonchev–Trinajstić information content (AvgIpc) is 3.95. The number of piperidine rings is 1. The third-order valence-electron chi connectivity index (χ3n) is 11.2. The second-order valence-electron chi connectivity index (χ2n) is 15.1. The third kappa shape index (κ3) is 8.74. The van der Waals surface area contributed by atoms with Gasteiger partial charge in [0.25, 0.3) is 23.6 Å². The Morgan fingerprint density at radius 3 is 2.57 bits per heavy atom. The summed E-state index contributed by atoms with van der Waals surface area (Å²) in [5.74, 6) is 2.12. The Kier molecular flexibility index (Phi) is 12.2. The van der Waals surface area contributed by atoms with E-state index in [2.05, 4.69) is 37.3 Å². The lowest BCUT2D eigenvalue weighted by atomic mass is 10.0. The molecule has 4 aliphatic heterocycles. The van der Waals surface area contributed by atoms with Gasteiger partial charge in [0, 0.05) is 93.7 Å². The van der Waals surface area contributed by atoms with Gasteiger partial charge in [0.2, 0.25) is 11.8 Å². The molecular formula is C44H42FN7O8S. The number of amides is 6. The summed E-state index contributed by atoms with van der Waals surface area (Å²) in [6.45, 7) is 5.16. The molecule has 2 fully saturated rings. The van der Waals surface area contributed by atoms with Gasteiger partial charge >= 0.3 is 0 Å². The van der Waals surface area contributed by atoms with Crippen molar-refractivity contribution in [2.24, 2.45) is 0 Å². The Balaban J connectivity index is 0.774. The van der Waals surface area contributed by atoms with Crippen LogP contribution in [-0.2, 0) is 25.7 Å². The molecule has 0 radical (unpaired) electrons. The number of carbonyl (C=O) groups excluding carboxylic acids is 6. The first-order valence-electron chi connectivity index (χ1n) is 20.1. The van der Waals surface area contributed by atoms with Crippen molar-refractivity contribution in [1.29, 1.82) is 0 Å². The molecule has 3 N–H and O–H groups in total. The first-order chi connectivity index (χ1) is 29.6. The van der Waals surface area contributed by atoms with Crippen LogP contribution in [0.15, 0.2) is 66.2 Å². The lowest BCUT2D eigenvalue weighted by Crippen LogP contribution is -2.54. The number of carbonyl (C=O) groups is 6. The fraction of sp³-hybridized carbons (Fsp3) is 0.341. The third-order valence-corrected chi connectivity index (χ3v) is 11.9. The molecule has 0 saturated carbocycles. The summed E-state index contributed by atoms with van der Waals surface area (Å²) in [6.07, 6.45) is 3.79. The first-order valence-corrected chi connectivity index (χ1v) is 21.0. The van der Waals surface area contributed by atoms with Crippen LogP contribution in [0.5, 0.6) is 5.75 Å². The van der Waals surface area contributed by atoms with Gasteiger partial charge in [-0.05, 0) is 67.3 Å². The smallest absolute Gasteiger partial charge is 0.262 e. The average molecular weight is 848 g/mol. The standard InChI is InChI=1S/C44H42FN7O8S/c45-29-9-13-35(53)33(24-29)38(40(56)48-44-46-15-23-61-44)51-26-28-8-4-7-27(37(28)43(51)59)6-2-1-3-21-60-22-5-16-49-17-19-50(20-18-49)30-10-11-31-32(25-30)42(58)52(41(31)57)34-12-14-36(54)47-39(34)55/h4,7-11,13,15,23-25,34,38,53H,1,3,5,12,14,16-22,26H2,(H,46,48,56)(H,47,54,55). The number of nitrogens with one attached hydrogen (secondary N) is 2. The van der Waals surface area contributed by atoms with Gasteiger partial charge in [0.05, 0.1) is 16.7 Å². The van der Waals surface area contributed by atoms with Crippen LogP contribution in [0.25, 0.3) is 0 Å². The molecule has 5 heterocycles. The minimum absolute atomic E-state index is 0.0415. The van der Waals surface area contributed by atoms with Crippen molar-refractivity contribution in [3.05, 3.63) is 105 Å². The molecule has 1 aromatic heterocycles. The van der Waals surface area contributed by atoms with Gasteiger partial charge in [-0.1, -0.05) is 24.0 Å². The van der Waals surface area contributed by atoms with Crippen molar-refractivity contribution in [2.75, 3.05) is 56.2 Å². The van der Waals surface area contributed by atoms with Crippen LogP contribution in [-0.4, -0.2) is 112 Å². The number of hydrogen-bond acceptors (Lipinski definition) is 12. The van der Waals surface area contributed by atoms with E-state index in [1.165, 1.54) is 22.4 Å². The number of phenols is 1. The van der Waals surface area contributed by atoms with Gasteiger partial charge in [-0.25, -0.2) is 9.37 Å². The van der Waals surface area contributed by atoms with Crippen molar-refractivity contribution in [1.82, 2.24) is 25.0 Å². The number of anilines is 2. The predicted octanol–water partition coefficient (Wildman–Crippen LogP) is 4.09.